The molecule has 2 nitrogen and oxygen atoms in total. The average molecular weight is 296 g/mol. The summed E-state index contributed by atoms with van der Waals surface area (Å²) >= 11 is 12.3. The molecule has 4 heteroatoms. The fourth-order valence-corrected chi connectivity index (χ4v) is 2.28. The normalized spacial score (nSPS) is 10.5. The lowest BCUT2D eigenvalue weighted by molar-refractivity contribution is 0.303. The standard InChI is InChI=1S/C15H15Cl2NO/c16-13-5-2-1-4-11(13)10-19-15-7-3-6-14(17)12(15)8-9-18/h1-7H,8-10,18H2. The predicted octanol–water partition coefficient (Wildman–Crippen LogP) is 4.07. The minimum absolute atomic E-state index is 0.414. The number of halogens is 2. The van der Waals surface area contributed by atoms with Gasteiger partial charge in [-0.1, -0.05) is 47.5 Å². The Hall–Kier alpha value is -1.22. The van der Waals surface area contributed by atoms with Crippen LogP contribution in [-0.4, -0.2) is 6.54 Å². The second-order valence-electron chi connectivity index (χ2n) is 4.14. The third kappa shape index (κ3) is 3.63. The summed E-state index contributed by atoms with van der Waals surface area (Å²) in [6.45, 7) is 0.948. The molecule has 0 saturated heterocycles. The first-order chi connectivity index (χ1) is 9.22. The van der Waals surface area contributed by atoms with Crippen molar-refractivity contribution in [2.24, 2.45) is 5.73 Å². The van der Waals surface area contributed by atoms with Crippen LogP contribution in [0.4, 0.5) is 0 Å². The zero-order chi connectivity index (χ0) is 13.7. The lowest BCUT2D eigenvalue weighted by atomic mass is 10.1. The number of hydrogen-bond acceptors (Lipinski definition) is 2. The van der Waals surface area contributed by atoms with Gasteiger partial charge < -0.3 is 10.5 Å². The van der Waals surface area contributed by atoms with Gasteiger partial charge in [0.05, 0.1) is 0 Å². The van der Waals surface area contributed by atoms with Gasteiger partial charge >= 0.3 is 0 Å². The highest BCUT2D eigenvalue weighted by molar-refractivity contribution is 6.31. The largest absolute Gasteiger partial charge is 0.489 e. The van der Waals surface area contributed by atoms with Gasteiger partial charge in [-0.25, -0.2) is 0 Å². The zero-order valence-electron chi connectivity index (χ0n) is 10.4. The first-order valence-electron chi connectivity index (χ1n) is 6.06. The van der Waals surface area contributed by atoms with E-state index in [4.69, 9.17) is 33.7 Å². The number of hydrogen-bond donors (Lipinski definition) is 1. The summed E-state index contributed by atoms with van der Waals surface area (Å²) in [4.78, 5) is 0. The molecule has 0 spiro atoms. The molecule has 2 aromatic carbocycles. The lowest BCUT2D eigenvalue weighted by Gasteiger charge is -2.13. The van der Waals surface area contributed by atoms with Gasteiger partial charge in [0.25, 0.3) is 0 Å². The predicted molar refractivity (Wildman–Crippen MR) is 80.0 cm³/mol. The van der Waals surface area contributed by atoms with Crippen LogP contribution in [0.25, 0.3) is 0 Å². The third-order valence-corrected chi connectivity index (χ3v) is 3.53. The van der Waals surface area contributed by atoms with Crippen LogP contribution < -0.4 is 10.5 Å². The smallest absolute Gasteiger partial charge is 0.124 e. The Morgan fingerprint density at radius 3 is 2.42 bits per heavy atom. The number of benzene rings is 2. The molecule has 0 aliphatic carbocycles. The molecule has 0 fully saturated rings. The second kappa shape index (κ2) is 6.80. The molecule has 19 heavy (non-hydrogen) atoms. The van der Waals surface area contributed by atoms with Crippen LogP contribution in [0.2, 0.25) is 10.0 Å². The summed E-state index contributed by atoms with van der Waals surface area (Å²) in [5.41, 5.74) is 7.48. The van der Waals surface area contributed by atoms with Gasteiger partial charge in [-0.05, 0) is 31.2 Å². The molecule has 0 unspecified atom stereocenters. The molecule has 0 radical (unpaired) electrons. The van der Waals surface area contributed by atoms with Gasteiger partial charge in [0.2, 0.25) is 0 Å². The monoisotopic (exact) mass is 295 g/mol. The molecule has 0 heterocycles. The van der Waals surface area contributed by atoms with Gasteiger partial charge in [0.1, 0.15) is 12.4 Å². The van der Waals surface area contributed by atoms with E-state index < -0.39 is 0 Å². The minimum atomic E-state index is 0.414. The minimum Gasteiger partial charge on any atom is -0.489 e. The van der Waals surface area contributed by atoms with E-state index in [2.05, 4.69) is 0 Å². The number of nitrogens with two attached hydrogens (primary N) is 1. The van der Waals surface area contributed by atoms with E-state index in [-0.39, 0.29) is 0 Å². The zero-order valence-corrected chi connectivity index (χ0v) is 11.9. The average Bonchev–Trinajstić information content (AvgIpc) is 2.41. The Bertz CT molecular complexity index is 558. The highest BCUT2D eigenvalue weighted by Gasteiger charge is 2.08. The molecule has 2 rings (SSSR count). The summed E-state index contributed by atoms with van der Waals surface area (Å²) in [5.74, 6) is 0.762. The van der Waals surface area contributed by atoms with Crippen LogP contribution in [-0.2, 0) is 13.0 Å². The van der Waals surface area contributed by atoms with Crippen LogP contribution in [0.5, 0.6) is 5.75 Å². The molecule has 2 aromatic rings. The van der Waals surface area contributed by atoms with E-state index in [9.17, 15) is 0 Å². The fourth-order valence-electron chi connectivity index (χ4n) is 1.83. The maximum atomic E-state index is 6.16. The van der Waals surface area contributed by atoms with Crippen LogP contribution in [0.3, 0.4) is 0 Å². The Balaban J connectivity index is 2.16. The Kier molecular flexibility index (Phi) is 5.08. The van der Waals surface area contributed by atoms with Crippen LogP contribution in [0.15, 0.2) is 42.5 Å². The second-order valence-corrected chi connectivity index (χ2v) is 4.95. The van der Waals surface area contributed by atoms with Crippen molar-refractivity contribution in [1.82, 2.24) is 0 Å². The van der Waals surface area contributed by atoms with Crippen molar-refractivity contribution in [2.75, 3.05) is 6.54 Å². The molecule has 100 valence electrons. The van der Waals surface area contributed by atoms with Crippen LogP contribution >= 0.6 is 23.2 Å². The highest BCUT2D eigenvalue weighted by Crippen LogP contribution is 2.28. The van der Waals surface area contributed by atoms with Gasteiger partial charge in [-0.2, -0.15) is 0 Å². The SMILES string of the molecule is NCCc1c(Cl)cccc1OCc1ccccc1Cl. The first kappa shape index (κ1) is 14.2. The Morgan fingerprint density at radius 2 is 1.68 bits per heavy atom. The molecule has 0 bridgehead atoms. The van der Waals surface area contributed by atoms with E-state index in [0.29, 0.717) is 29.6 Å². The van der Waals surface area contributed by atoms with Gasteiger partial charge in [0, 0.05) is 21.2 Å². The summed E-state index contributed by atoms with van der Waals surface area (Å²) in [6, 6.07) is 13.2. The van der Waals surface area contributed by atoms with Gasteiger partial charge in [-0.3, -0.25) is 0 Å². The number of ether oxygens (including phenoxy) is 1. The van der Waals surface area contributed by atoms with Crippen molar-refractivity contribution >= 4 is 23.2 Å². The summed E-state index contributed by atoms with van der Waals surface area (Å²) in [6.07, 6.45) is 0.692. The van der Waals surface area contributed by atoms with Crippen molar-refractivity contribution in [3.05, 3.63) is 63.6 Å². The first-order valence-corrected chi connectivity index (χ1v) is 6.81. The topological polar surface area (TPSA) is 35.2 Å². The maximum Gasteiger partial charge on any atom is 0.124 e. The molecule has 2 N–H and O–H groups in total. The van der Waals surface area contributed by atoms with E-state index in [1.54, 1.807) is 0 Å². The summed E-state index contributed by atoms with van der Waals surface area (Å²) in [7, 11) is 0. The lowest BCUT2D eigenvalue weighted by Crippen LogP contribution is -2.06. The van der Waals surface area contributed by atoms with Crippen molar-refractivity contribution < 1.29 is 4.74 Å². The van der Waals surface area contributed by atoms with Crippen LogP contribution in [0.1, 0.15) is 11.1 Å². The number of rotatable bonds is 5. The van der Waals surface area contributed by atoms with Crippen LogP contribution in [0, 0.1) is 0 Å². The van der Waals surface area contributed by atoms with Crippen molar-refractivity contribution in [2.45, 2.75) is 13.0 Å². The fraction of sp³-hybridized carbons (Fsp3) is 0.200. The maximum absolute atomic E-state index is 6.16. The molecule has 0 amide bonds. The molecular weight excluding hydrogens is 281 g/mol. The molecule has 0 aliphatic heterocycles. The van der Waals surface area contributed by atoms with Crippen molar-refractivity contribution in [3.8, 4) is 5.75 Å². The Labute approximate surface area is 123 Å². The molecular formula is C15H15Cl2NO. The van der Waals surface area contributed by atoms with Gasteiger partial charge in [-0.15, -0.1) is 0 Å². The molecule has 0 atom stereocenters. The van der Waals surface area contributed by atoms with E-state index in [1.165, 1.54) is 0 Å². The van der Waals surface area contributed by atoms with E-state index in [0.717, 1.165) is 16.9 Å². The highest BCUT2D eigenvalue weighted by atomic mass is 35.5. The summed E-state index contributed by atoms with van der Waals surface area (Å²) < 4.78 is 5.81. The van der Waals surface area contributed by atoms with Crippen molar-refractivity contribution in [1.29, 1.82) is 0 Å². The van der Waals surface area contributed by atoms with Gasteiger partial charge in [0.15, 0.2) is 0 Å². The quantitative estimate of drug-likeness (QED) is 0.902. The van der Waals surface area contributed by atoms with E-state index >= 15 is 0 Å². The molecule has 0 aromatic heterocycles. The van der Waals surface area contributed by atoms with Crippen molar-refractivity contribution in [3.63, 3.8) is 0 Å². The third-order valence-electron chi connectivity index (χ3n) is 2.81. The molecule has 0 aliphatic rings. The molecule has 0 saturated carbocycles. The van der Waals surface area contributed by atoms with E-state index in [1.807, 2.05) is 42.5 Å². The Morgan fingerprint density at radius 1 is 0.947 bits per heavy atom. The summed E-state index contributed by atoms with van der Waals surface area (Å²) in [5, 5.41) is 1.38.